The summed E-state index contributed by atoms with van der Waals surface area (Å²) in [4.78, 5) is 76.5. The number of benzene rings is 2. The highest BCUT2D eigenvalue weighted by Gasteiger charge is 2.61. The van der Waals surface area contributed by atoms with Gasteiger partial charge in [-0.15, -0.1) is 6.58 Å². The number of ether oxygens (including phenoxy) is 1. The number of hydrogen-bond acceptors (Lipinski definition) is 10. The second kappa shape index (κ2) is 17.6. The first kappa shape index (κ1) is 41.9. The summed E-state index contributed by atoms with van der Waals surface area (Å²) in [5, 5.41) is 8.88. The van der Waals surface area contributed by atoms with Crippen LogP contribution in [0.2, 0.25) is 0 Å². The summed E-state index contributed by atoms with van der Waals surface area (Å²) in [6, 6.07) is 8.21. The molecular formula is C41H53FN8O8S. The third-order valence-electron chi connectivity index (χ3n) is 12.1. The highest BCUT2D eigenvalue weighted by Crippen LogP contribution is 2.45. The zero-order valence-corrected chi connectivity index (χ0v) is 34.1. The van der Waals surface area contributed by atoms with E-state index in [-0.39, 0.29) is 37.4 Å². The summed E-state index contributed by atoms with van der Waals surface area (Å²) in [7, 11) is -2.45. The van der Waals surface area contributed by atoms with Crippen molar-refractivity contribution in [1.82, 2.24) is 35.0 Å². The van der Waals surface area contributed by atoms with Gasteiger partial charge in [-0.1, -0.05) is 56.0 Å². The fraction of sp³-hybridized carbons (Fsp3) is 0.537. The molecule has 4 N–H and O–H groups in total. The standard InChI is InChI=1S/C41H53FN8O8S/c1-3-28-23-41(28)38(53)46-59(56,57)35-16-9-8-14-32(35)43-17-10-6-4-5-7-15-33(44-39(54)48-20-18-47(2)19-21-48)37(52)50-25-29(22-34(50)36(51)45-41)58-40(55)49-24-27-12-11-13-31(42)30(27)26-49/h3,8-9,11-14,16,28-29,33-34,43H,1,4-7,10,15,17-26H2,2H3,(H,44,54)(H,45,51)(H,46,53)/t28-,29-,33+,34+,41-/m1/s1. The molecule has 1 saturated carbocycles. The molecule has 2 saturated heterocycles. The Kier molecular flexibility index (Phi) is 12.5. The van der Waals surface area contributed by atoms with E-state index in [0.717, 1.165) is 25.7 Å². The van der Waals surface area contributed by atoms with E-state index in [2.05, 4.69) is 32.2 Å². The van der Waals surface area contributed by atoms with Crippen LogP contribution in [0.5, 0.6) is 0 Å². The van der Waals surface area contributed by atoms with Crippen molar-refractivity contribution in [1.29, 1.82) is 0 Å². The van der Waals surface area contributed by atoms with Gasteiger partial charge in [-0.2, -0.15) is 0 Å². The van der Waals surface area contributed by atoms with Crippen molar-refractivity contribution in [3.8, 4) is 0 Å². The summed E-state index contributed by atoms with van der Waals surface area (Å²) < 4.78 is 50.1. The first-order chi connectivity index (χ1) is 28.3. The lowest BCUT2D eigenvalue weighted by Crippen LogP contribution is -2.59. The van der Waals surface area contributed by atoms with Crippen LogP contribution < -0.4 is 20.7 Å². The van der Waals surface area contributed by atoms with E-state index in [1.165, 1.54) is 28.0 Å². The van der Waals surface area contributed by atoms with Crippen molar-refractivity contribution >= 4 is 45.6 Å². The zero-order chi connectivity index (χ0) is 41.9. The monoisotopic (exact) mass is 836 g/mol. The topological polar surface area (TPSA) is 190 Å². The normalized spacial score (nSPS) is 28.0. The number of nitrogens with one attached hydrogen (secondary N) is 4. The molecule has 3 fully saturated rings. The Balaban J connectivity index is 1.16. The molecule has 6 amide bonds. The molecule has 4 aliphatic heterocycles. The lowest BCUT2D eigenvalue weighted by molar-refractivity contribution is -0.141. The Morgan fingerprint density at radius 3 is 2.46 bits per heavy atom. The summed E-state index contributed by atoms with van der Waals surface area (Å²) in [5.74, 6) is -3.33. The molecule has 1 aliphatic carbocycles. The number of fused-ring (bicyclic) bond motifs is 3. The van der Waals surface area contributed by atoms with Crippen molar-refractivity contribution in [3.05, 3.63) is 72.1 Å². The predicted octanol–water partition coefficient (Wildman–Crippen LogP) is 2.91. The van der Waals surface area contributed by atoms with E-state index < -0.39 is 75.3 Å². The maximum atomic E-state index is 14.7. The lowest BCUT2D eigenvalue weighted by atomic mass is 10.0. The van der Waals surface area contributed by atoms with Gasteiger partial charge in [0.25, 0.3) is 15.9 Å². The first-order valence-corrected chi connectivity index (χ1v) is 21.9. The van der Waals surface area contributed by atoms with Crippen LogP contribution in [-0.4, -0.2) is 128 Å². The number of para-hydroxylation sites is 1. The molecule has 16 nitrogen and oxygen atoms in total. The molecule has 318 valence electrons. The number of anilines is 1. The highest BCUT2D eigenvalue weighted by molar-refractivity contribution is 7.90. The van der Waals surface area contributed by atoms with Crippen LogP contribution in [0.15, 0.2) is 60.0 Å². The Labute approximate surface area is 343 Å². The largest absolute Gasteiger partial charge is 0.444 e. The van der Waals surface area contributed by atoms with E-state index in [4.69, 9.17) is 4.74 Å². The first-order valence-electron chi connectivity index (χ1n) is 20.4. The average Bonchev–Trinajstić information content (AvgIpc) is 3.50. The van der Waals surface area contributed by atoms with Crippen LogP contribution >= 0.6 is 0 Å². The van der Waals surface area contributed by atoms with Crippen molar-refractivity contribution in [2.24, 2.45) is 5.92 Å². The minimum Gasteiger partial charge on any atom is -0.444 e. The van der Waals surface area contributed by atoms with Gasteiger partial charge in [-0.3, -0.25) is 19.3 Å². The average molecular weight is 837 g/mol. The van der Waals surface area contributed by atoms with Crippen molar-refractivity contribution in [3.63, 3.8) is 0 Å². The lowest BCUT2D eigenvalue weighted by Gasteiger charge is -2.34. The SMILES string of the molecule is C=C[C@@H]1C[C@@]12NC(=O)[C@@H]1C[C@@H](OC(=O)N3Cc4cccc(F)c4C3)CN1C(=O)[C@@H](NC(=O)N1CCN(C)CC1)CCCCCCCNc1ccccc1S(=O)(=O)NC2=O. The number of amides is 6. The van der Waals surface area contributed by atoms with Crippen molar-refractivity contribution in [2.75, 3.05) is 51.6 Å². The molecule has 1 spiro atoms. The van der Waals surface area contributed by atoms with Crippen molar-refractivity contribution in [2.45, 2.75) is 93.1 Å². The fourth-order valence-electron chi connectivity index (χ4n) is 8.49. The third kappa shape index (κ3) is 9.17. The Bertz CT molecular complexity index is 2080. The maximum absolute atomic E-state index is 14.7. The molecule has 7 rings (SSSR count). The number of carbonyl (C=O) groups is 5. The van der Waals surface area contributed by atoms with Gasteiger partial charge in [0.1, 0.15) is 34.4 Å². The van der Waals surface area contributed by atoms with Gasteiger partial charge in [-0.25, -0.2) is 27.1 Å². The number of piperazine rings is 1. The number of halogens is 1. The van der Waals surface area contributed by atoms with Crippen LogP contribution in [-0.2, 0) is 42.2 Å². The summed E-state index contributed by atoms with van der Waals surface area (Å²) >= 11 is 0. The minimum atomic E-state index is -4.42. The molecule has 18 heteroatoms. The quantitative estimate of drug-likeness (QED) is 0.335. The number of carbonyl (C=O) groups excluding carboxylic acids is 5. The molecule has 0 radical (unpaired) electrons. The molecule has 0 bridgehead atoms. The van der Waals surface area contributed by atoms with E-state index in [1.54, 1.807) is 35.2 Å². The van der Waals surface area contributed by atoms with Crippen LogP contribution in [0.3, 0.4) is 0 Å². The van der Waals surface area contributed by atoms with Gasteiger partial charge in [-0.05, 0) is 50.1 Å². The van der Waals surface area contributed by atoms with Crippen molar-refractivity contribution < 1.29 is 41.5 Å². The fourth-order valence-corrected chi connectivity index (χ4v) is 9.71. The van der Waals surface area contributed by atoms with E-state index in [0.29, 0.717) is 62.4 Å². The van der Waals surface area contributed by atoms with Gasteiger partial charge >= 0.3 is 12.1 Å². The summed E-state index contributed by atoms with van der Waals surface area (Å²) in [6.07, 6.45) is 3.63. The van der Waals surface area contributed by atoms with Crippen LogP contribution in [0.1, 0.15) is 62.5 Å². The summed E-state index contributed by atoms with van der Waals surface area (Å²) in [6.45, 7) is 6.48. The molecule has 59 heavy (non-hydrogen) atoms. The van der Waals surface area contributed by atoms with Gasteiger partial charge in [0, 0.05) is 57.2 Å². The Hall–Kier alpha value is -5.23. The number of nitrogens with zero attached hydrogens (tertiary/aromatic N) is 4. The van der Waals surface area contributed by atoms with E-state index in [9.17, 15) is 36.8 Å². The molecule has 4 heterocycles. The van der Waals surface area contributed by atoms with Gasteiger partial charge in [0.15, 0.2) is 0 Å². The smallest absolute Gasteiger partial charge is 0.410 e. The number of rotatable bonds is 3. The molecule has 2 aromatic rings. The number of sulfonamides is 1. The zero-order valence-electron chi connectivity index (χ0n) is 33.3. The predicted molar refractivity (Wildman–Crippen MR) is 215 cm³/mol. The molecule has 0 aromatic heterocycles. The van der Waals surface area contributed by atoms with Crippen LogP contribution in [0.25, 0.3) is 0 Å². The molecule has 0 unspecified atom stereocenters. The van der Waals surface area contributed by atoms with E-state index in [1.807, 2.05) is 7.05 Å². The number of likely N-dealkylation sites (N-methyl/N-ethyl adjacent to an activating group) is 1. The van der Waals surface area contributed by atoms with Gasteiger partial charge in [0.05, 0.1) is 18.8 Å². The Morgan fingerprint density at radius 1 is 0.966 bits per heavy atom. The molecule has 2 aromatic carbocycles. The molecule has 5 aliphatic rings. The maximum Gasteiger partial charge on any atom is 0.410 e. The summed E-state index contributed by atoms with van der Waals surface area (Å²) in [5.41, 5.74) is -0.329. The number of hydrogen-bond donors (Lipinski definition) is 4. The second-order valence-corrected chi connectivity index (χ2v) is 17.8. The Morgan fingerprint density at radius 2 is 1.71 bits per heavy atom. The van der Waals surface area contributed by atoms with Gasteiger partial charge < -0.3 is 35.4 Å². The van der Waals surface area contributed by atoms with Gasteiger partial charge in [0.2, 0.25) is 11.8 Å². The third-order valence-corrected chi connectivity index (χ3v) is 13.5. The molecular weight excluding hydrogens is 784 g/mol. The van der Waals surface area contributed by atoms with E-state index >= 15 is 0 Å². The highest BCUT2D eigenvalue weighted by atomic mass is 32.2. The number of urea groups is 1. The van der Waals surface area contributed by atoms with Crippen LogP contribution in [0.4, 0.5) is 19.7 Å². The second-order valence-electron chi connectivity index (χ2n) is 16.2. The molecule has 5 atom stereocenters. The van der Waals surface area contributed by atoms with Crippen LogP contribution in [0, 0.1) is 11.7 Å². The minimum absolute atomic E-state index is 0.00939.